The van der Waals surface area contributed by atoms with E-state index in [2.05, 4.69) is 20.6 Å². The molecule has 0 fully saturated rings. The number of nitrogens with two attached hydrogens (primary N) is 1. The van der Waals surface area contributed by atoms with Crippen molar-refractivity contribution >= 4 is 56.7 Å². The van der Waals surface area contributed by atoms with Gasteiger partial charge in [0.05, 0.1) is 24.2 Å². The molecule has 0 saturated carbocycles. The van der Waals surface area contributed by atoms with Crippen LogP contribution in [0.1, 0.15) is 17.0 Å². The first-order valence-electron chi connectivity index (χ1n) is 8.49. The van der Waals surface area contributed by atoms with Crippen molar-refractivity contribution in [3.63, 3.8) is 0 Å². The number of primary amides is 1. The zero-order valence-electron chi connectivity index (χ0n) is 15.1. The van der Waals surface area contributed by atoms with Gasteiger partial charge in [-0.1, -0.05) is 30.3 Å². The van der Waals surface area contributed by atoms with Crippen LogP contribution in [0.4, 0.5) is 10.3 Å². The molecule has 2 aromatic heterocycles. The van der Waals surface area contributed by atoms with Gasteiger partial charge in [-0.3, -0.25) is 19.7 Å². The summed E-state index contributed by atoms with van der Waals surface area (Å²) in [4.78, 5) is 43.4. The van der Waals surface area contributed by atoms with E-state index in [4.69, 9.17) is 5.73 Å². The Morgan fingerprint density at radius 3 is 2.21 bits per heavy atom. The Hall–Kier alpha value is -3.37. The van der Waals surface area contributed by atoms with Crippen molar-refractivity contribution in [3.05, 3.63) is 64.1 Å². The first-order valence-corrected chi connectivity index (χ1v) is 10.2. The molecule has 0 aliphatic heterocycles. The average molecular weight is 428 g/mol. The van der Waals surface area contributed by atoms with Gasteiger partial charge in [0.25, 0.3) is 0 Å². The lowest BCUT2D eigenvalue weighted by Gasteiger charge is -1.99. The van der Waals surface area contributed by atoms with Gasteiger partial charge in [-0.05, 0) is 11.6 Å². The molecule has 0 saturated heterocycles. The molecular weight excluding hydrogens is 410 g/mol. The van der Waals surface area contributed by atoms with E-state index in [0.717, 1.165) is 5.56 Å². The molecule has 148 valence electrons. The van der Waals surface area contributed by atoms with Crippen LogP contribution < -0.4 is 16.4 Å². The van der Waals surface area contributed by atoms with Crippen molar-refractivity contribution in [2.24, 2.45) is 5.73 Å². The van der Waals surface area contributed by atoms with Crippen LogP contribution in [-0.4, -0.2) is 27.7 Å². The van der Waals surface area contributed by atoms with E-state index in [1.165, 1.54) is 28.7 Å². The number of anilines is 2. The summed E-state index contributed by atoms with van der Waals surface area (Å²) in [6.45, 7) is 0. The highest BCUT2D eigenvalue weighted by atomic mass is 32.1. The quantitative estimate of drug-likeness (QED) is 0.476. The summed E-state index contributed by atoms with van der Waals surface area (Å²) < 4.78 is 0. The monoisotopic (exact) mass is 427 g/mol. The molecule has 0 atom stereocenters. The van der Waals surface area contributed by atoms with Crippen molar-refractivity contribution in [1.29, 1.82) is 0 Å². The lowest BCUT2D eigenvalue weighted by molar-refractivity contribution is -0.117. The first-order chi connectivity index (χ1) is 14.0. The molecule has 4 N–H and O–H groups in total. The number of carbonyl (C=O) groups excluding carboxylic acids is 3. The second-order valence-electron chi connectivity index (χ2n) is 5.89. The Kier molecular flexibility index (Phi) is 6.82. The maximum absolute atomic E-state index is 12.1. The lowest BCUT2D eigenvalue weighted by atomic mass is 10.2. The summed E-state index contributed by atoms with van der Waals surface area (Å²) in [5, 5.41) is 9.50. The van der Waals surface area contributed by atoms with Crippen LogP contribution in [-0.2, 0) is 27.2 Å². The molecule has 29 heavy (non-hydrogen) atoms. The predicted molar refractivity (Wildman–Crippen MR) is 114 cm³/mol. The van der Waals surface area contributed by atoms with Gasteiger partial charge in [-0.25, -0.2) is 9.97 Å². The number of benzene rings is 1. The van der Waals surface area contributed by atoms with Crippen LogP contribution in [0, 0.1) is 0 Å². The molecule has 0 aliphatic rings. The zero-order valence-corrected chi connectivity index (χ0v) is 16.8. The van der Waals surface area contributed by atoms with E-state index in [1.54, 1.807) is 16.8 Å². The van der Waals surface area contributed by atoms with Crippen LogP contribution in [0.5, 0.6) is 0 Å². The van der Waals surface area contributed by atoms with Crippen molar-refractivity contribution < 1.29 is 14.4 Å². The van der Waals surface area contributed by atoms with Crippen LogP contribution in [0.25, 0.3) is 6.08 Å². The van der Waals surface area contributed by atoms with Gasteiger partial charge in [0.1, 0.15) is 0 Å². The Morgan fingerprint density at radius 2 is 1.55 bits per heavy atom. The fraction of sp³-hybridized carbons (Fsp3) is 0.105. The lowest BCUT2D eigenvalue weighted by Crippen LogP contribution is -2.16. The normalized spacial score (nSPS) is 10.8. The van der Waals surface area contributed by atoms with Crippen LogP contribution in [0.15, 0.2) is 47.2 Å². The Balaban J connectivity index is 1.50. The largest absolute Gasteiger partial charge is 0.369 e. The molecule has 0 radical (unpaired) electrons. The number of thiazole rings is 2. The molecule has 0 bridgehead atoms. The maximum Gasteiger partial charge on any atom is 0.250 e. The summed E-state index contributed by atoms with van der Waals surface area (Å²) in [5.74, 6) is -1.08. The van der Waals surface area contributed by atoms with Gasteiger partial charge in [0.2, 0.25) is 17.7 Å². The van der Waals surface area contributed by atoms with Gasteiger partial charge in [-0.15, -0.1) is 22.7 Å². The minimum absolute atomic E-state index is 0.0280. The second kappa shape index (κ2) is 9.71. The third-order valence-electron chi connectivity index (χ3n) is 3.50. The standard InChI is InChI=1S/C19H17N5O3S2/c20-15(25)8-13-10-28-19(21-13)24-17(27)9-14-11-29-18(22-14)23-16(26)7-6-12-4-2-1-3-5-12/h1-7,10-11H,8-9H2,(H2,20,25)(H,21,24,27)(H,22,23,26)/b7-6+. The zero-order chi connectivity index (χ0) is 20.6. The van der Waals surface area contributed by atoms with E-state index < -0.39 is 5.91 Å². The fourth-order valence-electron chi connectivity index (χ4n) is 2.28. The number of nitrogens with one attached hydrogen (secondary N) is 2. The summed E-state index contributed by atoms with van der Waals surface area (Å²) in [5.41, 5.74) is 7.08. The smallest absolute Gasteiger partial charge is 0.250 e. The molecule has 3 amide bonds. The van der Waals surface area contributed by atoms with Gasteiger partial charge in [-0.2, -0.15) is 0 Å². The van der Waals surface area contributed by atoms with Crippen molar-refractivity contribution in [2.75, 3.05) is 10.6 Å². The number of carbonyl (C=O) groups is 3. The summed E-state index contributed by atoms with van der Waals surface area (Å²) >= 11 is 2.45. The van der Waals surface area contributed by atoms with Gasteiger partial charge in [0, 0.05) is 16.8 Å². The molecule has 3 rings (SSSR count). The third kappa shape index (κ3) is 6.63. The highest BCUT2D eigenvalue weighted by Crippen LogP contribution is 2.18. The molecule has 2 heterocycles. The average Bonchev–Trinajstić information content (AvgIpc) is 3.29. The van der Waals surface area contributed by atoms with E-state index in [1.807, 2.05) is 30.3 Å². The van der Waals surface area contributed by atoms with Crippen LogP contribution in [0.3, 0.4) is 0 Å². The first kappa shape index (κ1) is 20.4. The Bertz CT molecular complexity index is 1040. The SMILES string of the molecule is NC(=O)Cc1csc(NC(=O)Cc2csc(NC(=O)/C=C/c3ccccc3)n2)n1. The van der Waals surface area contributed by atoms with Gasteiger partial charge in [0.15, 0.2) is 10.3 Å². The molecular formula is C19H17N5O3S2. The van der Waals surface area contributed by atoms with E-state index in [-0.39, 0.29) is 24.7 Å². The van der Waals surface area contributed by atoms with Crippen molar-refractivity contribution in [3.8, 4) is 0 Å². The van der Waals surface area contributed by atoms with E-state index in [0.29, 0.717) is 21.7 Å². The molecule has 0 spiro atoms. The third-order valence-corrected chi connectivity index (χ3v) is 5.12. The Labute approximate surface area is 174 Å². The Morgan fingerprint density at radius 1 is 0.931 bits per heavy atom. The molecule has 0 aliphatic carbocycles. The van der Waals surface area contributed by atoms with Crippen LogP contribution in [0.2, 0.25) is 0 Å². The summed E-state index contributed by atoms with van der Waals surface area (Å²) in [7, 11) is 0. The molecule has 1 aromatic carbocycles. The summed E-state index contributed by atoms with van der Waals surface area (Å²) in [6.07, 6.45) is 3.20. The van der Waals surface area contributed by atoms with Crippen molar-refractivity contribution in [1.82, 2.24) is 9.97 Å². The highest BCUT2D eigenvalue weighted by Gasteiger charge is 2.12. The fourth-order valence-corrected chi connectivity index (χ4v) is 3.72. The van der Waals surface area contributed by atoms with Gasteiger partial charge >= 0.3 is 0 Å². The molecule has 0 unspecified atom stereocenters. The van der Waals surface area contributed by atoms with E-state index >= 15 is 0 Å². The minimum atomic E-state index is -0.483. The van der Waals surface area contributed by atoms with Crippen LogP contribution >= 0.6 is 22.7 Å². The number of hydrogen-bond donors (Lipinski definition) is 3. The van der Waals surface area contributed by atoms with Gasteiger partial charge < -0.3 is 11.1 Å². The topological polar surface area (TPSA) is 127 Å². The van der Waals surface area contributed by atoms with Crippen molar-refractivity contribution in [2.45, 2.75) is 12.8 Å². The maximum atomic E-state index is 12.1. The van der Waals surface area contributed by atoms with E-state index in [9.17, 15) is 14.4 Å². The molecule has 3 aromatic rings. The number of rotatable bonds is 8. The predicted octanol–water partition coefficient (Wildman–Crippen LogP) is 2.46. The highest BCUT2D eigenvalue weighted by molar-refractivity contribution is 7.14. The molecule has 8 nitrogen and oxygen atoms in total. The summed E-state index contributed by atoms with van der Waals surface area (Å²) in [6, 6.07) is 9.46. The number of aromatic nitrogens is 2. The number of nitrogens with zero attached hydrogens (tertiary/aromatic N) is 2. The number of hydrogen-bond acceptors (Lipinski definition) is 7. The number of amides is 3. The second-order valence-corrected chi connectivity index (χ2v) is 7.61. The molecule has 10 heteroatoms. The minimum Gasteiger partial charge on any atom is -0.369 e.